The maximum atomic E-state index is 11.1. The number of amides is 1. The minimum atomic E-state index is -3.55. The van der Waals surface area contributed by atoms with Gasteiger partial charge in [-0.25, -0.2) is 13.1 Å². The van der Waals surface area contributed by atoms with Crippen molar-refractivity contribution in [2.45, 2.75) is 4.90 Å². The molecule has 0 radical (unpaired) electrons. The third-order valence-corrected chi connectivity index (χ3v) is 3.04. The van der Waals surface area contributed by atoms with Crippen molar-refractivity contribution in [2.24, 2.45) is 0 Å². The third-order valence-electron chi connectivity index (χ3n) is 1.65. The molecule has 0 saturated heterocycles. The molecule has 1 N–H and O–H groups in total. The Bertz CT molecular complexity index is 449. The van der Waals surface area contributed by atoms with Crippen LogP contribution in [0.3, 0.4) is 0 Å². The van der Waals surface area contributed by atoms with Crippen molar-refractivity contribution in [3.63, 3.8) is 0 Å². The van der Waals surface area contributed by atoms with Crippen molar-refractivity contribution in [3.8, 4) is 0 Å². The van der Waals surface area contributed by atoms with Gasteiger partial charge in [0.25, 0.3) is 15.9 Å². The lowest BCUT2D eigenvalue weighted by Gasteiger charge is -1.91. The fourth-order valence-electron chi connectivity index (χ4n) is 1.12. The third kappa shape index (κ3) is 0.831. The maximum Gasteiger partial charge on any atom is 0.266 e. The maximum absolute atomic E-state index is 11.1. The molecule has 0 spiro atoms. The molecule has 5 heteroatoms. The molecule has 0 saturated carbocycles. The Kier molecular flexibility index (Phi) is 1.26. The fourth-order valence-corrected chi connectivity index (χ4v) is 2.29. The minimum Gasteiger partial charge on any atom is -0.268 e. The van der Waals surface area contributed by atoms with Crippen LogP contribution in [0.4, 0.5) is 0 Å². The quantitative estimate of drug-likeness (QED) is 0.582. The number of rotatable bonds is 0. The van der Waals surface area contributed by atoms with Gasteiger partial charge in [0, 0.05) is 0 Å². The highest BCUT2D eigenvalue weighted by molar-refractivity contribution is 7.90. The Hall–Kier alpha value is -1.36. The van der Waals surface area contributed by atoms with E-state index in [0.717, 1.165) is 0 Å². The topological polar surface area (TPSA) is 63.2 Å². The second kappa shape index (κ2) is 2.07. The molecule has 1 aromatic rings. The predicted octanol–water partition coefficient (Wildman–Crippen LogP) is 0.119. The summed E-state index contributed by atoms with van der Waals surface area (Å²) < 4.78 is 24.2. The van der Waals surface area contributed by atoms with E-state index >= 15 is 0 Å². The second-order valence-electron chi connectivity index (χ2n) is 2.43. The fraction of sp³-hybridized carbons (Fsp3) is 0. The lowest BCUT2D eigenvalue weighted by molar-refractivity contribution is 0.0985. The van der Waals surface area contributed by atoms with Gasteiger partial charge in [0.2, 0.25) is 0 Å². The largest absolute Gasteiger partial charge is 0.268 e. The van der Waals surface area contributed by atoms with Gasteiger partial charge in [-0.3, -0.25) is 4.79 Å². The van der Waals surface area contributed by atoms with Crippen molar-refractivity contribution in [1.29, 1.82) is 0 Å². The molecule has 2 rings (SSSR count). The van der Waals surface area contributed by atoms with Crippen molar-refractivity contribution >= 4 is 15.9 Å². The van der Waals surface area contributed by atoms with Gasteiger partial charge in [-0.2, -0.15) is 0 Å². The molecule has 1 amide bonds. The number of carbonyl (C=O) groups excluding carboxylic acids is 1. The second-order valence-corrected chi connectivity index (χ2v) is 4.08. The predicted molar refractivity (Wildman–Crippen MR) is 41.1 cm³/mol. The van der Waals surface area contributed by atoms with Crippen molar-refractivity contribution in [3.05, 3.63) is 29.8 Å². The van der Waals surface area contributed by atoms with E-state index in [9.17, 15) is 13.2 Å². The first-order valence-corrected chi connectivity index (χ1v) is 4.76. The van der Waals surface area contributed by atoms with Crippen LogP contribution in [0, 0.1) is 0 Å². The zero-order chi connectivity index (χ0) is 8.77. The number of benzene rings is 1. The molecule has 0 aromatic heterocycles. The zero-order valence-corrected chi connectivity index (χ0v) is 6.76. The van der Waals surface area contributed by atoms with Crippen LogP contribution in [0.1, 0.15) is 10.4 Å². The summed E-state index contributed by atoms with van der Waals surface area (Å²) in [5.41, 5.74) is 0.220. The Labute approximate surface area is 69.3 Å². The van der Waals surface area contributed by atoms with Gasteiger partial charge in [0.05, 0.1) is 5.56 Å². The van der Waals surface area contributed by atoms with E-state index in [1.54, 1.807) is 12.1 Å². The SMILES string of the molecule is O=[13C]1NS(=O)(=O)c2ccccc21. The van der Waals surface area contributed by atoms with Gasteiger partial charge in [-0.15, -0.1) is 0 Å². The Balaban J connectivity index is 2.83. The summed E-state index contributed by atoms with van der Waals surface area (Å²) in [7, 11) is -3.55. The van der Waals surface area contributed by atoms with Gasteiger partial charge < -0.3 is 0 Å². The number of fused-ring (bicyclic) bond motifs is 1. The van der Waals surface area contributed by atoms with Gasteiger partial charge in [-0.1, -0.05) is 12.1 Å². The smallest absolute Gasteiger partial charge is 0.266 e. The molecule has 0 unspecified atom stereocenters. The molecule has 0 atom stereocenters. The number of hydrogen-bond acceptors (Lipinski definition) is 3. The first-order chi connectivity index (χ1) is 5.61. The van der Waals surface area contributed by atoms with E-state index in [1.807, 2.05) is 4.72 Å². The average Bonchev–Trinajstić information content (AvgIpc) is 2.25. The Morgan fingerprint density at radius 2 is 1.83 bits per heavy atom. The summed E-state index contributed by atoms with van der Waals surface area (Å²) >= 11 is 0. The first kappa shape index (κ1) is 7.30. The zero-order valence-electron chi connectivity index (χ0n) is 5.94. The van der Waals surface area contributed by atoms with E-state index in [4.69, 9.17) is 0 Å². The summed E-state index contributed by atoms with van der Waals surface area (Å²) in [6, 6.07) is 6.09. The Morgan fingerprint density at radius 3 is 2.50 bits per heavy atom. The number of nitrogens with one attached hydrogen (secondary N) is 1. The number of sulfonamides is 1. The Morgan fingerprint density at radius 1 is 1.17 bits per heavy atom. The van der Waals surface area contributed by atoms with E-state index < -0.39 is 15.9 Å². The normalized spacial score (nSPS) is 18.5. The van der Waals surface area contributed by atoms with Crippen molar-refractivity contribution in [1.82, 2.24) is 4.72 Å². The summed E-state index contributed by atoms with van der Waals surface area (Å²) in [6.07, 6.45) is 0. The molecular formula is C7H5NO3S. The summed E-state index contributed by atoms with van der Waals surface area (Å²) in [5, 5.41) is 0. The van der Waals surface area contributed by atoms with E-state index in [0.29, 0.717) is 0 Å². The van der Waals surface area contributed by atoms with Crippen LogP contribution < -0.4 is 4.72 Å². The summed E-state index contributed by atoms with van der Waals surface area (Å²) in [4.78, 5) is 11.1. The summed E-state index contributed by atoms with van der Waals surface area (Å²) in [5.74, 6) is -0.550. The number of carbonyl (C=O) groups is 1. The molecule has 1 heterocycles. The van der Waals surface area contributed by atoms with Crippen molar-refractivity contribution < 1.29 is 13.2 Å². The van der Waals surface area contributed by atoms with Gasteiger partial charge in [0.15, 0.2) is 0 Å². The minimum absolute atomic E-state index is 0.0648. The lowest BCUT2D eigenvalue weighted by Crippen LogP contribution is -2.20. The van der Waals surface area contributed by atoms with Crippen molar-refractivity contribution in [2.75, 3.05) is 0 Å². The molecule has 62 valence electrons. The van der Waals surface area contributed by atoms with E-state index in [2.05, 4.69) is 0 Å². The van der Waals surface area contributed by atoms with Crippen LogP contribution in [0.15, 0.2) is 29.2 Å². The molecular weight excluding hydrogens is 179 g/mol. The first-order valence-electron chi connectivity index (χ1n) is 3.27. The van der Waals surface area contributed by atoms with Crippen LogP contribution in [-0.4, -0.2) is 14.3 Å². The van der Waals surface area contributed by atoms with Crippen LogP contribution in [0.25, 0.3) is 0 Å². The lowest BCUT2D eigenvalue weighted by atomic mass is 10.3. The van der Waals surface area contributed by atoms with Gasteiger partial charge in [0.1, 0.15) is 4.90 Å². The van der Waals surface area contributed by atoms with Crippen LogP contribution in [0.5, 0.6) is 0 Å². The average molecular weight is 184 g/mol. The van der Waals surface area contributed by atoms with Gasteiger partial charge >= 0.3 is 0 Å². The highest BCUT2D eigenvalue weighted by Crippen LogP contribution is 2.20. The van der Waals surface area contributed by atoms with E-state index in [1.165, 1.54) is 12.1 Å². The molecule has 1 aliphatic heterocycles. The standard InChI is InChI=1S/C7H5NO3S/c9-7-5-3-1-2-4-6(5)12(10,11)8-7/h1-4H,(H,8,9)/i7+1. The molecule has 0 aliphatic carbocycles. The van der Waals surface area contributed by atoms with Crippen LogP contribution in [0.2, 0.25) is 0 Å². The summed E-state index contributed by atoms with van der Waals surface area (Å²) in [6.45, 7) is 0. The van der Waals surface area contributed by atoms with Crippen LogP contribution >= 0.6 is 0 Å². The molecule has 1 aliphatic rings. The molecule has 0 fully saturated rings. The van der Waals surface area contributed by atoms with E-state index in [-0.39, 0.29) is 10.5 Å². The monoisotopic (exact) mass is 184 g/mol. The van der Waals surface area contributed by atoms with Crippen LogP contribution in [-0.2, 0) is 10.0 Å². The molecule has 1 aromatic carbocycles. The number of hydrogen-bond donors (Lipinski definition) is 1. The molecule has 4 nitrogen and oxygen atoms in total. The highest BCUT2D eigenvalue weighted by Gasteiger charge is 2.31. The molecule has 12 heavy (non-hydrogen) atoms. The highest BCUT2D eigenvalue weighted by atomic mass is 32.2. The van der Waals surface area contributed by atoms with Gasteiger partial charge in [-0.05, 0) is 12.1 Å². The molecule has 0 bridgehead atoms.